The lowest BCUT2D eigenvalue weighted by molar-refractivity contribution is -0.384. The molecule has 0 atom stereocenters. The highest BCUT2D eigenvalue weighted by molar-refractivity contribution is 5.76. The van der Waals surface area contributed by atoms with Crippen molar-refractivity contribution in [3.8, 4) is 0 Å². The third-order valence-electron chi connectivity index (χ3n) is 5.30. The maximum Gasteiger partial charge on any atom is 0.269 e. The van der Waals surface area contributed by atoms with E-state index in [1.54, 1.807) is 12.1 Å². The molecule has 0 bridgehead atoms. The van der Waals surface area contributed by atoms with Crippen molar-refractivity contribution in [1.82, 2.24) is 4.90 Å². The van der Waals surface area contributed by atoms with Gasteiger partial charge in [0.1, 0.15) is 0 Å². The molecular formula is C18H25N3O3. The van der Waals surface area contributed by atoms with Gasteiger partial charge in [0.2, 0.25) is 5.91 Å². The molecule has 6 nitrogen and oxygen atoms in total. The van der Waals surface area contributed by atoms with Gasteiger partial charge in [0.05, 0.1) is 4.92 Å². The second kappa shape index (κ2) is 7.64. The molecule has 1 heterocycles. The molecule has 0 aromatic heterocycles. The molecule has 2 aliphatic rings. The molecular weight excluding hydrogens is 306 g/mol. The van der Waals surface area contributed by atoms with Crippen LogP contribution in [0.15, 0.2) is 24.3 Å². The molecule has 1 aromatic carbocycles. The number of hydrogen-bond acceptors (Lipinski definition) is 4. The van der Waals surface area contributed by atoms with Gasteiger partial charge in [0.15, 0.2) is 0 Å². The molecule has 24 heavy (non-hydrogen) atoms. The fraction of sp³-hybridized carbons (Fsp3) is 0.611. The van der Waals surface area contributed by atoms with Crippen LogP contribution < -0.4 is 4.90 Å². The molecule has 3 rings (SSSR count). The molecule has 130 valence electrons. The van der Waals surface area contributed by atoms with Gasteiger partial charge in [-0.2, -0.15) is 0 Å². The van der Waals surface area contributed by atoms with Gasteiger partial charge in [-0.3, -0.25) is 14.9 Å². The Morgan fingerprint density at radius 1 is 1.08 bits per heavy atom. The topological polar surface area (TPSA) is 66.7 Å². The number of rotatable bonds is 5. The maximum absolute atomic E-state index is 12.4. The number of nitro groups is 1. The zero-order chi connectivity index (χ0) is 16.9. The van der Waals surface area contributed by atoms with E-state index in [1.165, 1.54) is 37.8 Å². The van der Waals surface area contributed by atoms with E-state index in [9.17, 15) is 14.9 Å². The van der Waals surface area contributed by atoms with Gasteiger partial charge in [-0.25, -0.2) is 0 Å². The van der Waals surface area contributed by atoms with E-state index in [1.807, 2.05) is 4.90 Å². The molecule has 0 spiro atoms. The first-order chi connectivity index (χ1) is 11.6. The van der Waals surface area contributed by atoms with Crippen LogP contribution in [-0.2, 0) is 4.79 Å². The standard InChI is InChI=1S/C18H25N3O3/c22-18(10-5-15-3-1-2-4-15)20-13-11-19(12-14-20)16-6-8-17(9-7-16)21(23)24/h6-9,15H,1-5,10-14H2. The van der Waals surface area contributed by atoms with Crippen LogP contribution in [0.25, 0.3) is 0 Å². The molecule has 0 radical (unpaired) electrons. The molecule has 1 aliphatic heterocycles. The van der Waals surface area contributed by atoms with Crippen LogP contribution in [0, 0.1) is 16.0 Å². The normalized spacial score (nSPS) is 18.8. The van der Waals surface area contributed by atoms with E-state index in [0.717, 1.165) is 44.2 Å². The molecule has 2 fully saturated rings. The summed E-state index contributed by atoms with van der Waals surface area (Å²) in [6, 6.07) is 6.65. The Morgan fingerprint density at radius 3 is 2.29 bits per heavy atom. The molecule has 1 saturated carbocycles. The number of nitrogens with zero attached hydrogens (tertiary/aromatic N) is 3. The monoisotopic (exact) mass is 331 g/mol. The summed E-state index contributed by atoms with van der Waals surface area (Å²) >= 11 is 0. The van der Waals surface area contributed by atoms with Crippen LogP contribution in [0.2, 0.25) is 0 Å². The average Bonchev–Trinajstić information content (AvgIpc) is 3.13. The van der Waals surface area contributed by atoms with Crippen molar-refractivity contribution < 1.29 is 9.72 Å². The van der Waals surface area contributed by atoms with E-state index in [0.29, 0.717) is 6.42 Å². The van der Waals surface area contributed by atoms with E-state index in [2.05, 4.69) is 4.90 Å². The number of non-ortho nitro benzene ring substituents is 1. The van der Waals surface area contributed by atoms with Crippen LogP contribution in [0.1, 0.15) is 38.5 Å². The minimum atomic E-state index is -0.384. The van der Waals surface area contributed by atoms with Crippen LogP contribution in [0.4, 0.5) is 11.4 Å². The fourth-order valence-corrected chi connectivity index (χ4v) is 3.78. The van der Waals surface area contributed by atoms with E-state index in [4.69, 9.17) is 0 Å². The third-order valence-corrected chi connectivity index (χ3v) is 5.30. The number of amides is 1. The van der Waals surface area contributed by atoms with Crippen LogP contribution in [-0.4, -0.2) is 41.9 Å². The van der Waals surface area contributed by atoms with Crippen molar-refractivity contribution in [2.45, 2.75) is 38.5 Å². The predicted molar refractivity (Wildman–Crippen MR) is 93.1 cm³/mol. The first-order valence-electron chi connectivity index (χ1n) is 8.90. The van der Waals surface area contributed by atoms with Gasteiger partial charge in [0.25, 0.3) is 5.69 Å². The second-order valence-electron chi connectivity index (χ2n) is 6.83. The van der Waals surface area contributed by atoms with Gasteiger partial charge in [0, 0.05) is 50.4 Å². The SMILES string of the molecule is O=C(CCC1CCCC1)N1CCN(c2ccc([N+](=O)[O-])cc2)CC1. The fourth-order valence-electron chi connectivity index (χ4n) is 3.78. The molecule has 1 aromatic rings. The Kier molecular flexibility index (Phi) is 5.33. The lowest BCUT2D eigenvalue weighted by Gasteiger charge is -2.36. The Labute approximate surface area is 142 Å². The van der Waals surface area contributed by atoms with Crippen molar-refractivity contribution in [2.75, 3.05) is 31.1 Å². The number of carbonyl (C=O) groups excluding carboxylic acids is 1. The maximum atomic E-state index is 12.4. The van der Waals surface area contributed by atoms with Crippen molar-refractivity contribution in [1.29, 1.82) is 0 Å². The predicted octanol–water partition coefficient (Wildman–Crippen LogP) is 3.21. The van der Waals surface area contributed by atoms with Gasteiger partial charge < -0.3 is 9.80 Å². The number of benzene rings is 1. The Bertz CT molecular complexity index is 574. The number of anilines is 1. The van der Waals surface area contributed by atoms with Crippen LogP contribution >= 0.6 is 0 Å². The summed E-state index contributed by atoms with van der Waals surface area (Å²) in [6.07, 6.45) is 6.96. The largest absolute Gasteiger partial charge is 0.368 e. The second-order valence-corrected chi connectivity index (χ2v) is 6.83. The summed E-state index contributed by atoms with van der Waals surface area (Å²) in [6.45, 7) is 3.04. The molecule has 1 aliphatic carbocycles. The van der Waals surface area contributed by atoms with Crippen molar-refractivity contribution >= 4 is 17.3 Å². The quantitative estimate of drug-likeness (QED) is 0.614. The Balaban J connectivity index is 1.46. The number of piperazine rings is 1. The highest BCUT2D eigenvalue weighted by atomic mass is 16.6. The Morgan fingerprint density at radius 2 is 1.71 bits per heavy atom. The minimum absolute atomic E-state index is 0.111. The number of carbonyl (C=O) groups is 1. The average molecular weight is 331 g/mol. The van der Waals surface area contributed by atoms with Gasteiger partial charge >= 0.3 is 0 Å². The highest BCUT2D eigenvalue weighted by Gasteiger charge is 2.23. The smallest absolute Gasteiger partial charge is 0.269 e. The summed E-state index contributed by atoms with van der Waals surface area (Å²) < 4.78 is 0. The zero-order valence-electron chi connectivity index (χ0n) is 14.0. The summed E-state index contributed by atoms with van der Waals surface area (Å²) in [5.41, 5.74) is 1.10. The molecule has 1 saturated heterocycles. The number of hydrogen-bond donors (Lipinski definition) is 0. The Hall–Kier alpha value is -2.11. The van der Waals surface area contributed by atoms with E-state index in [-0.39, 0.29) is 16.5 Å². The van der Waals surface area contributed by atoms with E-state index < -0.39 is 0 Å². The first-order valence-corrected chi connectivity index (χ1v) is 8.90. The summed E-state index contributed by atoms with van der Waals surface area (Å²) in [4.78, 5) is 26.8. The van der Waals surface area contributed by atoms with Crippen molar-refractivity contribution in [3.05, 3.63) is 34.4 Å². The summed E-state index contributed by atoms with van der Waals surface area (Å²) in [7, 11) is 0. The van der Waals surface area contributed by atoms with Gasteiger partial charge in [-0.1, -0.05) is 25.7 Å². The number of nitro benzene ring substituents is 1. The van der Waals surface area contributed by atoms with Gasteiger partial charge in [-0.05, 0) is 24.5 Å². The van der Waals surface area contributed by atoms with Crippen LogP contribution in [0.5, 0.6) is 0 Å². The summed E-state index contributed by atoms with van der Waals surface area (Å²) in [5, 5.41) is 10.7. The molecule has 1 amide bonds. The zero-order valence-corrected chi connectivity index (χ0v) is 14.0. The van der Waals surface area contributed by atoms with Crippen molar-refractivity contribution in [3.63, 3.8) is 0 Å². The van der Waals surface area contributed by atoms with Crippen LogP contribution in [0.3, 0.4) is 0 Å². The minimum Gasteiger partial charge on any atom is -0.368 e. The lowest BCUT2D eigenvalue weighted by atomic mass is 10.0. The van der Waals surface area contributed by atoms with Gasteiger partial charge in [-0.15, -0.1) is 0 Å². The molecule has 6 heteroatoms. The lowest BCUT2D eigenvalue weighted by Crippen LogP contribution is -2.48. The molecule has 0 N–H and O–H groups in total. The highest BCUT2D eigenvalue weighted by Crippen LogP contribution is 2.29. The molecule has 0 unspecified atom stereocenters. The van der Waals surface area contributed by atoms with Crippen molar-refractivity contribution in [2.24, 2.45) is 5.92 Å². The summed E-state index contributed by atoms with van der Waals surface area (Å²) in [5.74, 6) is 1.04. The third kappa shape index (κ3) is 4.04. The van der Waals surface area contributed by atoms with E-state index >= 15 is 0 Å². The first kappa shape index (κ1) is 16.7.